The van der Waals surface area contributed by atoms with Crippen LogP contribution in [0.3, 0.4) is 0 Å². The summed E-state index contributed by atoms with van der Waals surface area (Å²) in [6.45, 7) is 5.72. The van der Waals surface area contributed by atoms with Crippen molar-refractivity contribution in [2.45, 2.75) is 32.9 Å². The number of likely N-dealkylation sites (N-methyl/N-ethyl adjacent to an activating group) is 1. The van der Waals surface area contributed by atoms with Crippen molar-refractivity contribution in [3.63, 3.8) is 0 Å². The third kappa shape index (κ3) is 2.96. The highest BCUT2D eigenvalue weighted by atomic mass is 16.1. The van der Waals surface area contributed by atoms with Gasteiger partial charge in [0.25, 0.3) is 5.56 Å². The van der Waals surface area contributed by atoms with Crippen LogP contribution in [0.1, 0.15) is 20.3 Å². The molecule has 0 aliphatic heterocycles. The Morgan fingerprint density at radius 3 is 2.93 bits per heavy atom. The summed E-state index contributed by atoms with van der Waals surface area (Å²) in [5.74, 6) is 0. The van der Waals surface area contributed by atoms with Crippen LogP contribution in [0.4, 0.5) is 0 Å². The summed E-state index contributed by atoms with van der Waals surface area (Å²) in [6.07, 6.45) is 2.64. The van der Waals surface area contributed by atoms with Gasteiger partial charge in [0.15, 0.2) is 0 Å². The van der Waals surface area contributed by atoms with E-state index in [0.29, 0.717) is 12.6 Å². The molecule has 0 saturated carbocycles. The molecule has 0 spiro atoms. The average molecular weight is 195 g/mol. The number of hydrogen-bond acceptors (Lipinski definition) is 3. The van der Waals surface area contributed by atoms with Crippen molar-refractivity contribution in [2.75, 3.05) is 6.54 Å². The molecule has 1 aromatic heterocycles. The monoisotopic (exact) mass is 195 g/mol. The minimum Gasteiger partial charge on any atom is -0.312 e. The molecule has 1 N–H and O–H groups in total. The molecule has 1 atom stereocenters. The molecule has 0 bridgehead atoms. The van der Waals surface area contributed by atoms with Crippen molar-refractivity contribution in [3.05, 3.63) is 28.7 Å². The van der Waals surface area contributed by atoms with Crippen LogP contribution in [0.25, 0.3) is 0 Å². The van der Waals surface area contributed by atoms with Crippen LogP contribution in [0.15, 0.2) is 23.1 Å². The molecule has 0 aromatic carbocycles. The van der Waals surface area contributed by atoms with Crippen LogP contribution < -0.4 is 10.9 Å². The summed E-state index contributed by atoms with van der Waals surface area (Å²) < 4.78 is 1.50. The van der Waals surface area contributed by atoms with E-state index in [-0.39, 0.29) is 5.56 Å². The number of nitrogens with one attached hydrogen (secondary N) is 1. The smallest absolute Gasteiger partial charge is 0.266 e. The number of nitrogens with zero attached hydrogens (tertiary/aromatic N) is 2. The van der Waals surface area contributed by atoms with Gasteiger partial charge in [-0.1, -0.05) is 13.8 Å². The predicted molar refractivity (Wildman–Crippen MR) is 56.3 cm³/mol. The van der Waals surface area contributed by atoms with Crippen molar-refractivity contribution < 1.29 is 0 Å². The van der Waals surface area contributed by atoms with Gasteiger partial charge in [0, 0.05) is 18.3 Å². The molecule has 0 saturated heterocycles. The molecule has 4 heteroatoms. The van der Waals surface area contributed by atoms with E-state index in [1.807, 2.05) is 0 Å². The third-order valence-corrected chi connectivity index (χ3v) is 2.16. The van der Waals surface area contributed by atoms with E-state index in [9.17, 15) is 4.79 Å². The highest BCUT2D eigenvalue weighted by Crippen LogP contribution is 1.92. The maximum Gasteiger partial charge on any atom is 0.266 e. The Balaban J connectivity index is 2.67. The molecule has 0 aliphatic rings. The van der Waals surface area contributed by atoms with Crippen LogP contribution in [-0.4, -0.2) is 22.4 Å². The van der Waals surface area contributed by atoms with E-state index in [1.54, 1.807) is 12.3 Å². The summed E-state index contributed by atoms with van der Waals surface area (Å²) in [5.41, 5.74) is -0.0381. The standard InChI is InChI=1S/C10H17N3O/c1-3-9(11-4-2)8-13-10(14)6-5-7-12-13/h5-7,9,11H,3-4,8H2,1-2H3. The van der Waals surface area contributed by atoms with Gasteiger partial charge in [-0.3, -0.25) is 4.79 Å². The van der Waals surface area contributed by atoms with Crippen LogP contribution >= 0.6 is 0 Å². The quantitative estimate of drug-likeness (QED) is 0.749. The molecule has 0 radical (unpaired) electrons. The fraction of sp³-hybridized carbons (Fsp3) is 0.600. The van der Waals surface area contributed by atoms with Crippen LogP contribution in [0, 0.1) is 0 Å². The first-order valence-electron chi connectivity index (χ1n) is 5.03. The Kier molecular flexibility index (Phi) is 4.32. The predicted octanol–water partition coefficient (Wildman–Crippen LogP) is 0.631. The second-order valence-corrected chi connectivity index (χ2v) is 3.21. The van der Waals surface area contributed by atoms with E-state index in [4.69, 9.17) is 0 Å². The lowest BCUT2D eigenvalue weighted by Crippen LogP contribution is -2.36. The van der Waals surface area contributed by atoms with Gasteiger partial charge in [0.2, 0.25) is 0 Å². The van der Waals surface area contributed by atoms with Crippen molar-refractivity contribution in [1.82, 2.24) is 15.1 Å². The molecule has 14 heavy (non-hydrogen) atoms. The first-order chi connectivity index (χ1) is 6.77. The average Bonchev–Trinajstić information content (AvgIpc) is 2.20. The molecule has 0 fully saturated rings. The summed E-state index contributed by atoms with van der Waals surface area (Å²) >= 11 is 0. The highest BCUT2D eigenvalue weighted by molar-refractivity contribution is 4.85. The molecule has 1 unspecified atom stereocenters. The largest absolute Gasteiger partial charge is 0.312 e. The van der Waals surface area contributed by atoms with Crippen molar-refractivity contribution in [2.24, 2.45) is 0 Å². The molecule has 78 valence electrons. The van der Waals surface area contributed by atoms with E-state index in [2.05, 4.69) is 24.3 Å². The Labute approximate surface area is 84.0 Å². The Bertz CT molecular complexity index is 321. The lowest BCUT2D eigenvalue weighted by atomic mass is 10.2. The minimum atomic E-state index is -0.0381. The first kappa shape index (κ1) is 10.9. The molecule has 0 amide bonds. The summed E-state index contributed by atoms with van der Waals surface area (Å²) in [4.78, 5) is 11.3. The van der Waals surface area contributed by atoms with Crippen LogP contribution in [-0.2, 0) is 6.54 Å². The summed E-state index contributed by atoms with van der Waals surface area (Å²) in [5, 5.41) is 7.32. The fourth-order valence-electron chi connectivity index (χ4n) is 1.36. The number of hydrogen-bond donors (Lipinski definition) is 1. The zero-order valence-corrected chi connectivity index (χ0v) is 8.73. The van der Waals surface area contributed by atoms with Gasteiger partial charge in [-0.2, -0.15) is 5.10 Å². The molecule has 4 nitrogen and oxygen atoms in total. The zero-order valence-electron chi connectivity index (χ0n) is 8.73. The van der Waals surface area contributed by atoms with Gasteiger partial charge in [-0.25, -0.2) is 4.68 Å². The molecule has 1 aromatic rings. The first-order valence-corrected chi connectivity index (χ1v) is 5.03. The molecule has 1 heterocycles. The maximum absolute atomic E-state index is 11.3. The normalized spacial score (nSPS) is 12.7. The van der Waals surface area contributed by atoms with Gasteiger partial charge in [-0.15, -0.1) is 0 Å². The Morgan fingerprint density at radius 2 is 2.36 bits per heavy atom. The van der Waals surface area contributed by atoms with Crippen molar-refractivity contribution in [3.8, 4) is 0 Å². The second kappa shape index (κ2) is 5.54. The molecular weight excluding hydrogens is 178 g/mol. The van der Waals surface area contributed by atoms with E-state index in [1.165, 1.54) is 10.7 Å². The SMILES string of the molecule is CCNC(CC)Cn1ncccc1=O. The van der Waals surface area contributed by atoms with Gasteiger partial charge < -0.3 is 5.32 Å². The second-order valence-electron chi connectivity index (χ2n) is 3.21. The van der Waals surface area contributed by atoms with Gasteiger partial charge >= 0.3 is 0 Å². The zero-order chi connectivity index (χ0) is 10.4. The Morgan fingerprint density at radius 1 is 1.57 bits per heavy atom. The summed E-state index contributed by atoms with van der Waals surface area (Å²) in [6, 6.07) is 3.52. The lowest BCUT2D eigenvalue weighted by molar-refractivity contribution is 0.413. The minimum absolute atomic E-state index is 0.0381. The lowest BCUT2D eigenvalue weighted by Gasteiger charge is -2.15. The van der Waals surface area contributed by atoms with Gasteiger partial charge in [0.05, 0.1) is 6.54 Å². The summed E-state index contributed by atoms with van der Waals surface area (Å²) in [7, 11) is 0. The van der Waals surface area contributed by atoms with Gasteiger partial charge in [0.1, 0.15) is 0 Å². The molecular formula is C10H17N3O. The van der Waals surface area contributed by atoms with E-state index >= 15 is 0 Å². The van der Waals surface area contributed by atoms with E-state index in [0.717, 1.165) is 13.0 Å². The fourth-order valence-corrected chi connectivity index (χ4v) is 1.36. The highest BCUT2D eigenvalue weighted by Gasteiger charge is 2.06. The van der Waals surface area contributed by atoms with E-state index < -0.39 is 0 Å². The van der Waals surface area contributed by atoms with Gasteiger partial charge in [-0.05, 0) is 19.0 Å². The third-order valence-electron chi connectivity index (χ3n) is 2.16. The Hall–Kier alpha value is -1.16. The number of rotatable bonds is 5. The maximum atomic E-state index is 11.3. The molecule has 0 aliphatic carbocycles. The topological polar surface area (TPSA) is 46.9 Å². The van der Waals surface area contributed by atoms with Crippen molar-refractivity contribution in [1.29, 1.82) is 0 Å². The number of aromatic nitrogens is 2. The van der Waals surface area contributed by atoms with Crippen LogP contribution in [0.5, 0.6) is 0 Å². The van der Waals surface area contributed by atoms with Crippen LogP contribution in [0.2, 0.25) is 0 Å². The molecule has 1 rings (SSSR count). The van der Waals surface area contributed by atoms with Crippen molar-refractivity contribution >= 4 is 0 Å².